The minimum absolute atomic E-state index is 0.983. The van der Waals surface area contributed by atoms with Crippen LogP contribution in [0.15, 0.2) is 54.9 Å². The highest BCUT2D eigenvalue weighted by atomic mass is 14.7. The van der Waals surface area contributed by atoms with Crippen molar-refractivity contribution in [1.82, 2.24) is 9.97 Å². The van der Waals surface area contributed by atoms with E-state index in [0.717, 1.165) is 11.0 Å². The highest BCUT2D eigenvalue weighted by Gasteiger charge is 2.09. The molecule has 4 rings (SSSR count). The van der Waals surface area contributed by atoms with E-state index in [0.29, 0.717) is 0 Å². The molecule has 0 spiro atoms. The van der Waals surface area contributed by atoms with Gasteiger partial charge in [-0.3, -0.25) is 9.97 Å². The molecule has 2 aromatic heterocycles. The van der Waals surface area contributed by atoms with Gasteiger partial charge >= 0.3 is 0 Å². The molecule has 0 bridgehead atoms. The highest BCUT2D eigenvalue weighted by molar-refractivity contribution is 6.22. The molecular weight excluding hydrogens is 232 g/mol. The third kappa shape index (κ3) is 1.43. The molecule has 0 amide bonds. The lowest BCUT2D eigenvalue weighted by atomic mass is 9.99. The summed E-state index contributed by atoms with van der Waals surface area (Å²) in [4.78, 5) is 9.12. The summed E-state index contributed by atoms with van der Waals surface area (Å²) < 4.78 is 0. The Labute approximate surface area is 110 Å². The van der Waals surface area contributed by atoms with Crippen molar-refractivity contribution in [2.24, 2.45) is 0 Å². The number of benzene rings is 2. The third-order valence-corrected chi connectivity index (χ3v) is 3.56. The lowest BCUT2D eigenvalue weighted by molar-refractivity contribution is 1.33. The molecule has 0 fully saturated rings. The standard InChI is InChI=1S/C17H12N2/c1-11-9-15-13-6-3-2-5-12(13)14-7-4-8-18-16(14)17(15)19-10-11/h2-10H,1H3. The zero-order chi connectivity index (χ0) is 12.8. The van der Waals surface area contributed by atoms with Crippen molar-refractivity contribution in [2.45, 2.75) is 6.92 Å². The van der Waals surface area contributed by atoms with Crippen LogP contribution < -0.4 is 0 Å². The molecule has 19 heavy (non-hydrogen) atoms. The molecule has 0 atom stereocenters. The Bertz CT molecular complexity index is 891. The molecule has 0 aliphatic heterocycles. The van der Waals surface area contributed by atoms with Crippen molar-refractivity contribution in [1.29, 1.82) is 0 Å². The Morgan fingerprint density at radius 1 is 0.737 bits per heavy atom. The molecule has 0 saturated heterocycles. The van der Waals surface area contributed by atoms with E-state index in [1.807, 2.05) is 18.5 Å². The fraction of sp³-hybridized carbons (Fsp3) is 0.0588. The summed E-state index contributed by atoms with van der Waals surface area (Å²) in [6, 6.07) is 14.8. The van der Waals surface area contributed by atoms with E-state index >= 15 is 0 Å². The Morgan fingerprint density at radius 3 is 2.26 bits per heavy atom. The van der Waals surface area contributed by atoms with Gasteiger partial charge in [0, 0.05) is 23.2 Å². The van der Waals surface area contributed by atoms with E-state index in [-0.39, 0.29) is 0 Å². The molecule has 0 unspecified atom stereocenters. The second-order valence-corrected chi connectivity index (χ2v) is 4.85. The van der Waals surface area contributed by atoms with Gasteiger partial charge < -0.3 is 0 Å². The molecule has 0 aliphatic rings. The first kappa shape index (κ1) is 10.4. The Kier molecular flexibility index (Phi) is 2.06. The predicted octanol–water partition coefficient (Wildman–Crippen LogP) is 4.24. The number of hydrogen-bond donors (Lipinski definition) is 0. The topological polar surface area (TPSA) is 25.8 Å². The summed E-state index contributed by atoms with van der Waals surface area (Å²) in [6.45, 7) is 2.07. The average molecular weight is 244 g/mol. The lowest BCUT2D eigenvalue weighted by Crippen LogP contribution is -1.88. The molecule has 0 saturated carbocycles. The summed E-state index contributed by atoms with van der Waals surface area (Å²) in [5.41, 5.74) is 3.14. The van der Waals surface area contributed by atoms with Crippen molar-refractivity contribution in [3.8, 4) is 0 Å². The van der Waals surface area contributed by atoms with Crippen LogP contribution in [0.5, 0.6) is 0 Å². The number of pyridine rings is 2. The van der Waals surface area contributed by atoms with Crippen LogP contribution >= 0.6 is 0 Å². The van der Waals surface area contributed by atoms with Crippen LogP contribution in [0, 0.1) is 6.92 Å². The first-order valence-electron chi connectivity index (χ1n) is 6.36. The predicted molar refractivity (Wildman–Crippen MR) is 79.3 cm³/mol. The van der Waals surface area contributed by atoms with E-state index < -0.39 is 0 Å². The lowest BCUT2D eigenvalue weighted by Gasteiger charge is -2.08. The van der Waals surface area contributed by atoms with Gasteiger partial charge in [0.1, 0.15) is 0 Å². The summed E-state index contributed by atoms with van der Waals surface area (Å²) in [6.07, 6.45) is 3.74. The molecule has 90 valence electrons. The van der Waals surface area contributed by atoms with Crippen LogP contribution in [0.4, 0.5) is 0 Å². The summed E-state index contributed by atoms with van der Waals surface area (Å²) >= 11 is 0. The van der Waals surface area contributed by atoms with Crippen LogP contribution in [-0.4, -0.2) is 9.97 Å². The molecule has 0 radical (unpaired) electrons. The number of rotatable bonds is 0. The zero-order valence-corrected chi connectivity index (χ0v) is 10.6. The van der Waals surface area contributed by atoms with Crippen LogP contribution in [-0.2, 0) is 0 Å². The monoisotopic (exact) mass is 244 g/mol. The van der Waals surface area contributed by atoms with E-state index in [1.165, 1.54) is 27.1 Å². The van der Waals surface area contributed by atoms with E-state index in [4.69, 9.17) is 0 Å². The fourth-order valence-electron chi connectivity index (χ4n) is 2.73. The second-order valence-electron chi connectivity index (χ2n) is 4.85. The van der Waals surface area contributed by atoms with Gasteiger partial charge in [-0.15, -0.1) is 0 Å². The quantitative estimate of drug-likeness (QED) is 0.432. The summed E-state index contributed by atoms with van der Waals surface area (Å²) in [5, 5.41) is 4.84. The number of fused-ring (bicyclic) bond motifs is 6. The number of aromatic nitrogens is 2. The van der Waals surface area contributed by atoms with Gasteiger partial charge in [-0.25, -0.2) is 0 Å². The van der Waals surface area contributed by atoms with Gasteiger partial charge in [0.15, 0.2) is 0 Å². The number of aryl methyl sites for hydroxylation is 1. The van der Waals surface area contributed by atoms with Crippen molar-refractivity contribution in [3.05, 3.63) is 60.4 Å². The molecular formula is C17H12N2. The highest BCUT2D eigenvalue weighted by Crippen LogP contribution is 2.32. The summed E-state index contributed by atoms with van der Waals surface area (Å²) in [7, 11) is 0. The minimum Gasteiger partial charge on any atom is -0.254 e. The van der Waals surface area contributed by atoms with Crippen molar-refractivity contribution in [3.63, 3.8) is 0 Å². The van der Waals surface area contributed by atoms with Gasteiger partial charge in [-0.2, -0.15) is 0 Å². The summed E-state index contributed by atoms with van der Waals surface area (Å²) in [5.74, 6) is 0. The van der Waals surface area contributed by atoms with E-state index in [2.05, 4.69) is 53.3 Å². The Hall–Kier alpha value is -2.48. The molecule has 0 aliphatic carbocycles. The van der Waals surface area contributed by atoms with Crippen LogP contribution in [0.25, 0.3) is 32.6 Å². The maximum Gasteiger partial charge on any atom is 0.0971 e. The van der Waals surface area contributed by atoms with Crippen molar-refractivity contribution in [2.75, 3.05) is 0 Å². The Morgan fingerprint density at radius 2 is 1.42 bits per heavy atom. The third-order valence-electron chi connectivity index (χ3n) is 3.56. The molecule has 2 nitrogen and oxygen atoms in total. The second kappa shape index (κ2) is 3.75. The van der Waals surface area contributed by atoms with E-state index in [1.54, 1.807) is 0 Å². The first-order valence-corrected chi connectivity index (χ1v) is 6.36. The molecule has 4 aromatic rings. The van der Waals surface area contributed by atoms with Gasteiger partial charge in [0.2, 0.25) is 0 Å². The largest absolute Gasteiger partial charge is 0.254 e. The molecule has 0 N–H and O–H groups in total. The number of nitrogens with zero attached hydrogens (tertiary/aromatic N) is 2. The number of hydrogen-bond acceptors (Lipinski definition) is 2. The average Bonchev–Trinajstić information content (AvgIpc) is 2.47. The maximum absolute atomic E-state index is 4.60. The SMILES string of the molecule is Cc1cnc2c(c1)c1ccccc1c1cccnc12. The van der Waals surface area contributed by atoms with Gasteiger partial charge in [-0.05, 0) is 35.4 Å². The maximum atomic E-state index is 4.60. The van der Waals surface area contributed by atoms with Gasteiger partial charge in [-0.1, -0.05) is 30.3 Å². The zero-order valence-electron chi connectivity index (χ0n) is 10.6. The Balaban J connectivity index is 2.43. The van der Waals surface area contributed by atoms with Crippen LogP contribution in [0.3, 0.4) is 0 Å². The van der Waals surface area contributed by atoms with Crippen LogP contribution in [0.2, 0.25) is 0 Å². The molecule has 2 heterocycles. The smallest absolute Gasteiger partial charge is 0.0971 e. The van der Waals surface area contributed by atoms with Gasteiger partial charge in [0.05, 0.1) is 11.0 Å². The molecule has 2 heteroatoms. The fourth-order valence-corrected chi connectivity index (χ4v) is 2.73. The molecule has 2 aromatic carbocycles. The van der Waals surface area contributed by atoms with Crippen LogP contribution in [0.1, 0.15) is 5.56 Å². The first-order chi connectivity index (χ1) is 9.34. The minimum atomic E-state index is 0.983. The van der Waals surface area contributed by atoms with Crippen molar-refractivity contribution >= 4 is 32.6 Å². The van der Waals surface area contributed by atoms with Crippen molar-refractivity contribution < 1.29 is 0 Å². The van der Waals surface area contributed by atoms with Gasteiger partial charge in [0.25, 0.3) is 0 Å². The normalized spacial score (nSPS) is 11.4. The van der Waals surface area contributed by atoms with E-state index in [9.17, 15) is 0 Å².